The lowest BCUT2D eigenvalue weighted by Gasteiger charge is -2.02. The number of hydrogen-bond acceptors (Lipinski definition) is 2. The Morgan fingerprint density at radius 3 is 2.59 bits per heavy atom. The van der Waals surface area contributed by atoms with Crippen LogP contribution in [-0.4, -0.2) is 19.5 Å². The number of imidazole rings is 2. The number of rotatable bonds is 3. The van der Waals surface area contributed by atoms with Crippen molar-refractivity contribution >= 4 is 24.8 Å². The van der Waals surface area contributed by atoms with Gasteiger partial charge in [-0.3, -0.25) is 0 Å². The van der Waals surface area contributed by atoms with Crippen LogP contribution in [0.1, 0.15) is 17.2 Å². The van der Waals surface area contributed by atoms with E-state index >= 15 is 0 Å². The fraction of sp³-hybridized carbons (Fsp3) is 0.200. The molecule has 0 spiro atoms. The number of aromatic amines is 1. The maximum absolute atomic E-state index is 13.3. The minimum Gasteiger partial charge on any atom is -0.340 e. The molecule has 3 aromatic rings. The number of hydrogen-bond donors (Lipinski definition) is 1. The summed E-state index contributed by atoms with van der Waals surface area (Å²) in [5, 5.41) is 0. The highest BCUT2D eigenvalue weighted by atomic mass is 35.5. The van der Waals surface area contributed by atoms with Gasteiger partial charge in [0.15, 0.2) is 0 Å². The smallest absolute Gasteiger partial charge is 0.126 e. The van der Waals surface area contributed by atoms with Gasteiger partial charge in [0.25, 0.3) is 0 Å². The molecule has 0 aliphatic carbocycles. The summed E-state index contributed by atoms with van der Waals surface area (Å²) in [5.74, 6) is 1.60. The number of benzene rings is 1. The maximum Gasteiger partial charge on any atom is 0.126 e. The molecule has 0 radical (unpaired) electrons. The lowest BCUT2D eigenvalue weighted by Crippen LogP contribution is -2.02. The van der Waals surface area contributed by atoms with Crippen LogP contribution in [-0.2, 0) is 6.54 Å². The lowest BCUT2D eigenvalue weighted by molar-refractivity contribution is 0.619. The maximum atomic E-state index is 13.3. The zero-order valence-electron chi connectivity index (χ0n) is 12.2. The summed E-state index contributed by atoms with van der Waals surface area (Å²) in [6, 6.07) is 5.04. The third-order valence-electron chi connectivity index (χ3n) is 3.34. The number of aryl methyl sites for hydroxylation is 2. The van der Waals surface area contributed by atoms with Gasteiger partial charge in [-0.2, -0.15) is 0 Å². The molecular weight excluding hydrogens is 326 g/mol. The van der Waals surface area contributed by atoms with E-state index in [9.17, 15) is 4.39 Å². The van der Waals surface area contributed by atoms with E-state index in [1.54, 1.807) is 25.4 Å². The summed E-state index contributed by atoms with van der Waals surface area (Å²) in [6.45, 7) is 4.35. The minimum absolute atomic E-state index is 0. The van der Waals surface area contributed by atoms with Gasteiger partial charge < -0.3 is 9.55 Å². The quantitative estimate of drug-likeness (QED) is 0.783. The average molecular weight is 343 g/mol. The first-order valence-corrected chi connectivity index (χ1v) is 6.41. The normalized spacial score (nSPS) is 9.95. The van der Waals surface area contributed by atoms with Crippen LogP contribution in [0.3, 0.4) is 0 Å². The fourth-order valence-corrected chi connectivity index (χ4v) is 2.13. The highest BCUT2D eigenvalue weighted by Crippen LogP contribution is 2.20. The molecule has 1 aromatic carbocycles. The second-order valence-corrected chi connectivity index (χ2v) is 4.81. The number of halogens is 3. The van der Waals surface area contributed by atoms with Gasteiger partial charge in [-0.15, -0.1) is 24.8 Å². The standard InChI is InChI=1S/C15H15FN4.2ClH/c1-10-7-12(3-4-13(10)16)14-8-18-15(19-14)9-20-6-5-17-11(20)2;;/h3-8H,9H2,1-2H3,(H,18,19);2*1H. The molecule has 22 heavy (non-hydrogen) atoms. The molecular formula is C15H17Cl2FN4. The summed E-state index contributed by atoms with van der Waals surface area (Å²) in [5.41, 5.74) is 2.45. The van der Waals surface area contributed by atoms with Crippen molar-refractivity contribution in [1.82, 2.24) is 19.5 Å². The van der Waals surface area contributed by atoms with Crippen molar-refractivity contribution in [2.24, 2.45) is 0 Å². The molecule has 2 aromatic heterocycles. The Labute approximate surface area is 140 Å². The largest absolute Gasteiger partial charge is 0.340 e. The Bertz CT molecular complexity index is 752. The van der Waals surface area contributed by atoms with Crippen molar-refractivity contribution in [2.45, 2.75) is 20.4 Å². The van der Waals surface area contributed by atoms with Crippen molar-refractivity contribution in [2.75, 3.05) is 0 Å². The second-order valence-electron chi connectivity index (χ2n) is 4.81. The molecule has 0 saturated carbocycles. The third-order valence-corrected chi connectivity index (χ3v) is 3.34. The van der Waals surface area contributed by atoms with Gasteiger partial charge in [0, 0.05) is 18.0 Å². The first-order valence-electron chi connectivity index (χ1n) is 6.41. The Hall–Kier alpha value is -1.85. The van der Waals surface area contributed by atoms with Crippen molar-refractivity contribution in [1.29, 1.82) is 0 Å². The van der Waals surface area contributed by atoms with Crippen molar-refractivity contribution in [3.05, 3.63) is 59.8 Å². The summed E-state index contributed by atoms with van der Waals surface area (Å²) >= 11 is 0. The monoisotopic (exact) mass is 342 g/mol. The predicted molar refractivity (Wildman–Crippen MR) is 89.3 cm³/mol. The Kier molecular flexibility index (Phi) is 6.14. The van der Waals surface area contributed by atoms with Crippen LogP contribution in [0.5, 0.6) is 0 Å². The van der Waals surface area contributed by atoms with Crippen LogP contribution < -0.4 is 0 Å². The van der Waals surface area contributed by atoms with Crippen LogP contribution in [0.15, 0.2) is 36.8 Å². The number of H-pyrrole nitrogens is 1. The SMILES string of the molecule is Cc1cc(-c2cnc(Cn3ccnc3C)[nH]2)ccc1F.Cl.Cl. The summed E-state index contributed by atoms with van der Waals surface area (Å²) in [6.07, 6.45) is 5.45. The van der Waals surface area contributed by atoms with Gasteiger partial charge in [-0.1, -0.05) is 0 Å². The minimum atomic E-state index is -0.192. The van der Waals surface area contributed by atoms with E-state index < -0.39 is 0 Å². The molecule has 4 nitrogen and oxygen atoms in total. The second kappa shape index (κ2) is 7.42. The predicted octanol–water partition coefficient (Wildman–Crippen LogP) is 3.92. The van der Waals surface area contributed by atoms with Crippen molar-refractivity contribution in [3.8, 4) is 11.3 Å². The van der Waals surface area contributed by atoms with E-state index in [1.807, 2.05) is 23.8 Å². The van der Waals surface area contributed by atoms with E-state index in [-0.39, 0.29) is 30.6 Å². The molecule has 0 unspecified atom stereocenters. The molecule has 1 N–H and O–H groups in total. The number of aromatic nitrogens is 4. The van der Waals surface area contributed by atoms with Gasteiger partial charge in [0.1, 0.15) is 17.5 Å². The lowest BCUT2D eigenvalue weighted by atomic mass is 10.1. The highest BCUT2D eigenvalue weighted by molar-refractivity contribution is 5.85. The van der Waals surface area contributed by atoms with Gasteiger partial charge in [0.05, 0.1) is 18.4 Å². The molecule has 2 heterocycles. The van der Waals surface area contributed by atoms with Crippen molar-refractivity contribution < 1.29 is 4.39 Å². The summed E-state index contributed by atoms with van der Waals surface area (Å²) in [4.78, 5) is 11.8. The van der Waals surface area contributed by atoms with E-state index in [1.165, 1.54) is 6.07 Å². The topological polar surface area (TPSA) is 46.5 Å². The summed E-state index contributed by atoms with van der Waals surface area (Å²) in [7, 11) is 0. The van der Waals surface area contributed by atoms with Gasteiger partial charge >= 0.3 is 0 Å². The molecule has 0 bridgehead atoms. The Morgan fingerprint density at radius 2 is 1.95 bits per heavy atom. The average Bonchev–Trinajstić information content (AvgIpc) is 3.04. The van der Waals surface area contributed by atoms with Gasteiger partial charge in [0.2, 0.25) is 0 Å². The third kappa shape index (κ3) is 3.67. The van der Waals surface area contributed by atoms with E-state index in [0.717, 1.165) is 22.9 Å². The van der Waals surface area contributed by atoms with Crippen LogP contribution in [0, 0.1) is 19.7 Å². The highest BCUT2D eigenvalue weighted by Gasteiger charge is 2.07. The van der Waals surface area contributed by atoms with Crippen LogP contribution >= 0.6 is 24.8 Å². The van der Waals surface area contributed by atoms with E-state index in [2.05, 4.69) is 15.0 Å². The molecule has 0 fully saturated rings. The molecule has 0 saturated heterocycles. The van der Waals surface area contributed by atoms with Gasteiger partial charge in [-0.25, -0.2) is 14.4 Å². The van der Waals surface area contributed by atoms with Crippen molar-refractivity contribution in [3.63, 3.8) is 0 Å². The molecule has 7 heteroatoms. The zero-order chi connectivity index (χ0) is 14.1. The Balaban J connectivity index is 0.00000121. The summed E-state index contributed by atoms with van der Waals surface area (Å²) < 4.78 is 15.3. The van der Waals surface area contributed by atoms with Crippen LogP contribution in [0.25, 0.3) is 11.3 Å². The molecule has 0 aliphatic rings. The first-order chi connectivity index (χ1) is 9.63. The first kappa shape index (κ1) is 18.2. The number of nitrogens with one attached hydrogen (secondary N) is 1. The molecule has 0 atom stereocenters. The van der Waals surface area contributed by atoms with Crippen LogP contribution in [0.4, 0.5) is 4.39 Å². The zero-order valence-corrected chi connectivity index (χ0v) is 13.8. The van der Waals surface area contributed by atoms with E-state index in [4.69, 9.17) is 0 Å². The molecule has 3 rings (SSSR count). The number of nitrogens with zero attached hydrogens (tertiary/aromatic N) is 3. The van der Waals surface area contributed by atoms with Crippen LogP contribution in [0.2, 0.25) is 0 Å². The van der Waals surface area contributed by atoms with E-state index in [0.29, 0.717) is 12.1 Å². The fourth-order valence-electron chi connectivity index (χ4n) is 2.13. The molecule has 0 aliphatic heterocycles. The molecule has 0 amide bonds. The Morgan fingerprint density at radius 1 is 1.18 bits per heavy atom. The molecule has 118 valence electrons. The van der Waals surface area contributed by atoms with Gasteiger partial charge in [-0.05, 0) is 37.6 Å².